The Hall–Kier alpha value is -0.650. The molecule has 0 aromatic rings. The molecule has 5 heteroatoms. The molecule has 2 aliphatic rings. The molecule has 0 spiro atoms. The maximum Gasteiger partial charge on any atom is 0.321 e. The highest BCUT2D eigenvalue weighted by Crippen LogP contribution is 2.32. The summed E-state index contributed by atoms with van der Waals surface area (Å²) in [6.07, 6.45) is 3.18. The number of hydrogen-bond acceptors (Lipinski definition) is 4. The van der Waals surface area contributed by atoms with Crippen LogP contribution in [-0.4, -0.2) is 57.0 Å². The summed E-state index contributed by atoms with van der Waals surface area (Å²) in [6.45, 7) is 0.736. The molecule has 0 bridgehead atoms. The summed E-state index contributed by atoms with van der Waals surface area (Å²) in [6, 6.07) is -0.639. The predicted octanol–water partition coefficient (Wildman–Crippen LogP) is -0.189. The van der Waals surface area contributed by atoms with Gasteiger partial charge in [-0.1, -0.05) is 12.8 Å². The van der Waals surface area contributed by atoms with Crippen molar-refractivity contribution in [3.05, 3.63) is 0 Å². The monoisotopic (exact) mass is 229 g/mol. The van der Waals surface area contributed by atoms with E-state index in [1.54, 1.807) is 4.90 Å². The zero-order valence-corrected chi connectivity index (χ0v) is 9.30. The Kier molecular flexibility index (Phi) is 3.19. The minimum atomic E-state index is -0.904. The molecule has 0 radical (unpaired) electrons. The van der Waals surface area contributed by atoms with Crippen molar-refractivity contribution >= 4 is 5.97 Å². The number of aliphatic hydroxyl groups excluding tert-OH is 1. The molecular formula is C11H19NO4. The van der Waals surface area contributed by atoms with E-state index in [2.05, 4.69) is 0 Å². The Morgan fingerprint density at radius 1 is 1.38 bits per heavy atom. The molecule has 2 atom stereocenters. The Labute approximate surface area is 94.7 Å². The van der Waals surface area contributed by atoms with Gasteiger partial charge in [-0.2, -0.15) is 0 Å². The molecule has 0 amide bonds. The lowest BCUT2D eigenvalue weighted by atomic mass is 10.0. The van der Waals surface area contributed by atoms with Gasteiger partial charge in [-0.25, -0.2) is 0 Å². The van der Waals surface area contributed by atoms with Gasteiger partial charge in [0, 0.05) is 19.5 Å². The smallest absolute Gasteiger partial charge is 0.321 e. The van der Waals surface area contributed by atoms with E-state index in [9.17, 15) is 15.0 Å². The van der Waals surface area contributed by atoms with Crippen LogP contribution in [0.2, 0.25) is 0 Å². The Morgan fingerprint density at radius 3 is 2.56 bits per heavy atom. The summed E-state index contributed by atoms with van der Waals surface area (Å²) in [7, 11) is 0. The largest absolute Gasteiger partial charge is 0.480 e. The average molecular weight is 229 g/mol. The lowest BCUT2D eigenvalue weighted by molar-refractivity contribution is -0.143. The number of nitrogens with zero attached hydrogens (tertiary/aromatic N) is 1. The highest BCUT2D eigenvalue weighted by molar-refractivity contribution is 5.74. The van der Waals surface area contributed by atoms with Crippen LogP contribution < -0.4 is 0 Å². The summed E-state index contributed by atoms with van der Waals surface area (Å²) < 4.78 is 0. The van der Waals surface area contributed by atoms with E-state index >= 15 is 0 Å². The van der Waals surface area contributed by atoms with Crippen molar-refractivity contribution in [3.63, 3.8) is 0 Å². The van der Waals surface area contributed by atoms with Gasteiger partial charge in [0.1, 0.15) is 6.04 Å². The first kappa shape index (κ1) is 11.8. The maximum absolute atomic E-state index is 11.0. The number of carboxylic acids is 1. The molecule has 3 N–H and O–H groups in total. The van der Waals surface area contributed by atoms with Crippen LogP contribution in [0.4, 0.5) is 0 Å². The van der Waals surface area contributed by atoms with Gasteiger partial charge in [0.2, 0.25) is 0 Å². The normalized spacial score (nSPS) is 34.4. The van der Waals surface area contributed by atoms with Crippen LogP contribution in [0.5, 0.6) is 0 Å². The van der Waals surface area contributed by atoms with E-state index in [1.807, 2.05) is 0 Å². The molecule has 2 fully saturated rings. The van der Waals surface area contributed by atoms with Gasteiger partial charge in [0.25, 0.3) is 0 Å². The van der Waals surface area contributed by atoms with Gasteiger partial charge >= 0.3 is 5.97 Å². The summed E-state index contributed by atoms with van der Waals surface area (Å²) in [5, 5.41) is 28.7. The quantitative estimate of drug-likeness (QED) is 0.625. The first-order valence-corrected chi connectivity index (χ1v) is 5.87. The Balaban J connectivity index is 1.99. The second kappa shape index (κ2) is 4.31. The molecule has 0 aromatic heterocycles. The zero-order valence-electron chi connectivity index (χ0n) is 9.30. The molecule has 92 valence electrons. The average Bonchev–Trinajstić information content (AvgIpc) is 2.73. The fourth-order valence-electron chi connectivity index (χ4n) is 2.88. The first-order chi connectivity index (χ1) is 7.50. The topological polar surface area (TPSA) is 81.0 Å². The van der Waals surface area contributed by atoms with E-state index in [1.165, 1.54) is 0 Å². The van der Waals surface area contributed by atoms with Gasteiger partial charge in [-0.3, -0.25) is 9.69 Å². The van der Waals surface area contributed by atoms with Gasteiger partial charge in [0.15, 0.2) is 0 Å². The van der Waals surface area contributed by atoms with Crippen LogP contribution in [0.25, 0.3) is 0 Å². The SMILES string of the molecule is O=C(O)C1CC(O)CN1CC1(O)CCCC1. The molecule has 16 heavy (non-hydrogen) atoms. The number of hydrogen-bond donors (Lipinski definition) is 3. The lowest BCUT2D eigenvalue weighted by Gasteiger charge is -2.30. The fourth-order valence-corrected chi connectivity index (χ4v) is 2.88. The number of β-amino-alcohol motifs (C(OH)–C–C–N with tert-alkyl or cyclic N) is 2. The van der Waals surface area contributed by atoms with E-state index in [4.69, 9.17) is 5.11 Å². The molecule has 2 rings (SSSR count). The van der Waals surface area contributed by atoms with Crippen LogP contribution in [0.3, 0.4) is 0 Å². The first-order valence-electron chi connectivity index (χ1n) is 5.87. The standard InChI is InChI=1S/C11H19NO4/c13-8-5-9(10(14)15)12(6-8)7-11(16)3-1-2-4-11/h8-9,13,16H,1-7H2,(H,14,15). The van der Waals surface area contributed by atoms with E-state index in [-0.39, 0.29) is 6.42 Å². The van der Waals surface area contributed by atoms with Crippen LogP contribution >= 0.6 is 0 Å². The van der Waals surface area contributed by atoms with Crippen molar-refractivity contribution in [2.24, 2.45) is 0 Å². The van der Waals surface area contributed by atoms with Crippen molar-refractivity contribution in [2.75, 3.05) is 13.1 Å². The van der Waals surface area contributed by atoms with E-state index in [0.29, 0.717) is 13.1 Å². The predicted molar refractivity (Wildman–Crippen MR) is 57.0 cm³/mol. The van der Waals surface area contributed by atoms with Gasteiger partial charge in [-0.15, -0.1) is 0 Å². The van der Waals surface area contributed by atoms with Crippen LogP contribution in [-0.2, 0) is 4.79 Å². The van der Waals surface area contributed by atoms with Crippen molar-refractivity contribution in [1.29, 1.82) is 0 Å². The molecule has 1 aliphatic carbocycles. The van der Waals surface area contributed by atoms with Crippen molar-refractivity contribution in [2.45, 2.75) is 49.9 Å². The van der Waals surface area contributed by atoms with Gasteiger partial charge in [-0.05, 0) is 12.8 Å². The number of carboxylic acid groups (broad SMARTS) is 1. The summed E-state index contributed by atoms with van der Waals surface area (Å²) >= 11 is 0. The molecular weight excluding hydrogens is 210 g/mol. The summed E-state index contributed by atoms with van der Waals surface area (Å²) in [5.41, 5.74) is -0.738. The Bertz CT molecular complexity index is 275. The zero-order chi connectivity index (χ0) is 11.8. The van der Waals surface area contributed by atoms with Crippen molar-refractivity contribution in [1.82, 2.24) is 4.90 Å². The van der Waals surface area contributed by atoms with Gasteiger partial charge < -0.3 is 15.3 Å². The molecule has 1 saturated heterocycles. The third-order valence-corrected chi connectivity index (χ3v) is 3.70. The fraction of sp³-hybridized carbons (Fsp3) is 0.909. The van der Waals surface area contributed by atoms with E-state index in [0.717, 1.165) is 25.7 Å². The van der Waals surface area contributed by atoms with Crippen molar-refractivity contribution < 1.29 is 20.1 Å². The highest BCUT2D eigenvalue weighted by Gasteiger charge is 2.41. The number of likely N-dealkylation sites (tertiary alicyclic amines) is 1. The van der Waals surface area contributed by atoms with E-state index < -0.39 is 23.7 Å². The number of aliphatic carboxylic acids is 1. The molecule has 1 aliphatic heterocycles. The minimum Gasteiger partial charge on any atom is -0.480 e. The van der Waals surface area contributed by atoms with Crippen LogP contribution in [0.1, 0.15) is 32.1 Å². The van der Waals surface area contributed by atoms with Crippen LogP contribution in [0.15, 0.2) is 0 Å². The van der Waals surface area contributed by atoms with Crippen LogP contribution in [0, 0.1) is 0 Å². The second-order valence-corrected chi connectivity index (χ2v) is 5.10. The molecule has 1 saturated carbocycles. The molecule has 1 heterocycles. The highest BCUT2D eigenvalue weighted by atomic mass is 16.4. The number of rotatable bonds is 3. The number of carbonyl (C=O) groups is 1. The third-order valence-electron chi connectivity index (χ3n) is 3.70. The molecule has 0 aromatic carbocycles. The summed E-state index contributed by atoms with van der Waals surface area (Å²) in [4.78, 5) is 12.7. The minimum absolute atomic E-state index is 0.269. The molecule has 5 nitrogen and oxygen atoms in total. The molecule has 2 unspecified atom stereocenters. The van der Waals surface area contributed by atoms with Crippen molar-refractivity contribution in [3.8, 4) is 0 Å². The van der Waals surface area contributed by atoms with Gasteiger partial charge in [0.05, 0.1) is 11.7 Å². The summed E-state index contributed by atoms with van der Waals surface area (Å²) in [5.74, 6) is -0.904. The maximum atomic E-state index is 11.0. The lowest BCUT2D eigenvalue weighted by Crippen LogP contribution is -2.46. The second-order valence-electron chi connectivity index (χ2n) is 5.10. The Morgan fingerprint density at radius 2 is 2.00 bits per heavy atom. The number of aliphatic hydroxyl groups is 2. The third kappa shape index (κ3) is 2.36.